The number of nitrogen functional groups attached to an aromatic ring is 1. The Labute approximate surface area is 146 Å². The molecule has 0 radical (unpaired) electrons. The zero-order chi connectivity index (χ0) is 16.9. The van der Waals surface area contributed by atoms with E-state index >= 15 is 0 Å². The fourth-order valence-electron chi connectivity index (χ4n) is 2.87. The van der Waals surface area contributed by atoms with E-state index in [1.54, 1.807) is 12.3 Å². The quantitative estimate of drug-likeness (QED) is 0.829. The van der Waals surface area contributed by atoms with Crippen molar-refractivity contribution in [1.82, 2.24) is 9.88 Å². The lowest BCUT2D eigenvalue weighted by Gasteiger charge is -2.26. The van der Waals surface area contributed by atoms with Gasteiger partial charge in [0, 0.05) is 29.9 Å². The molecule has 1 aromatic carbocycles. The number of nitrogens with zero attached hydrogens (tertiary/aromatic N) is 2. The van der Waals surface area contributed by atoms with E-state index in [9.17, 15) is 4.39 Å². The summed E-state index contributed by atoms with van der Waals surface area (Å²) in [4.78, 5) is 6.69. The maximum atomic E-state index is 13.6. The highest BCUT2D eigenvalue weighted by molar-refractivity contribution is 6.33. The molecule has 6 heteroatoms. The molecule has 0 spiro atoms. The van der Waals surface area contributed by atoms with Crippen molar-refractivity contribution in [2.75, 3.05) is 32.0 Å². The molecule has 128 valence electrons. The summed E-state index contributed by atoms with van der Waals surface area (Å²) < 4.78 is 19.3. The third-order valence-electron chi connectivity index (χ3n) is 4.24. The largest absolute Gasteiger partial charge is 0.476 e. The molecule has 3 rings (SSSR count). The molecule has 0 amide bonds. The van der Waals surface area contributed by atoms with Gasteiger partial charge in [-0.3, -0.25) is 4.90 Å². The number of ether oxygens (including phenoxy) is 1. The fraction of sp³-hybridized carbons (Fsp3) is 0.389. The van der Waals surface area contributed by atoms with Crippen LogP contribution in [-0.2, 0) is 0 Å². The van der Waals surface area contributed by atoms with Crippen molar-refractivity contribution in [2.45, 2.75) is 19.3 Å². The van der Waals surface area contributed by atoms with Crippen LogP contribution >= 0.6 is 11.6 Å². The highest BCUT2D eigenvalue weighted by Crippen LogP contribution is 2.31. The van der Waals surface area contributed by atoms with E-state index in [2.05, 4.69) is 9.88 Å². The van der Waals surface area contributed by atoms with E-state index in [-0.39, 0.29) is 5.69 Å². The lowest BCUT2D eigenvalue weighted by Crippen LogP contribution is -2.33. The highest BCUT2D eigenvalue weighted by Gasteiger charge is 2.11. The van der Waals surface area contributed by atoms with E-state index in [0.29, 0.717) is 23.1 Å². The fourth-order valence-corrected chi connectivity index (χ4v) is 3.15. The Bertz CT molecular complexity index is 687. The molecule has 1 aliphatic heterocycles. The molecule has 2 heterocycles. The van der Waals surface area contributed by atoms with Crippen LogP contribution in [0.25, 0.3) is 11.1 Å². The van der Waals surface area contributed by atoms with Crippen molar-refractivity contribution in [3.8, 4) is 17.0 Å². The Morgan fingerprint density at radius 1 is 1.21 bits per heavy atom. The standard InChI is InChI=1S/C18H21ClFN3O/c19-15-11-17(21)16(20)10-14(15)13-4-5-18(22-12-13)24-9-8-23-6-2-1-3-7-23/h4-5,10-12H,1-3,6-9,21H2. The number of hydrogen-bond acceptors (Lipinski definition) is 4. The molecule has 24 heavy (non-hydrogen) atoms. The Hall–Kier alpha value is -1.85. The second kappa shape index (κ2) is 7.81. The second-order valence-corrected chi connectivity index (χ2v) is 6.40. The number of pyridine rings is 1. The summed E-state index contributed by atoms with van der Waals surface area (Å²) in [6.45, 7) is 3.83. The summed E-state index contributed by atoms with van der Waals surface area (Å²) >= 11 is 6.13. The van der Waals surface area contributed by atoms with Crippen LogP contribution in [0.15, 0.2) is 30.5 Å². The maximum absolute atomic E-state index is 13.6. The Morgan fingerprint density at radius 3 is 2.71 bits per heavy atom. The van der Waals surface area contributed by atoms with Gasteiger partial charge < -0.3 is 10.5 Å². The minimum atomic E-state index is -0.490. The molecule has 1 aliphatic rings. The van der Waals surface area contributed by atoms with Crippen molar-refractivity contribution in [1.29, 1.82) is 0 Å². The molecule has 1 fully saturated rings. The first-order chi connectivity index (χ1) is 11.6. The normalized spacial score (nSPS) is 15.4. The van der Waals surface area contributed by atoms with Crippen molar-refractivity contribution in [3.63, 3.8) is 0 Å². The number of piperidine rings is 1. The van der Waals surface area contributed by atoms with Gasteiger partial charge in [0.05, 0.1) is 10.7 Å². The van der Waals surface area contributed by atoms with Gasteiger partial charge in [-0.05, 0) is 44.1 Å². The van der Waals surface area contributed by atoms with Gasteiger partial charge in [0.15, 0.2) is 0 Å². The summed E-state index contributed by atoms with van der Waals surface area (Å²) in [5.41, 5.74) is 6.84. The molecular formula is C18H21ClFN3O. The summed E-state index contributed by atoms with van der Waals surface area (Å²) in [7, 11) is 0. The van der Waals surface area contributed by atoms with Crippen molar-refractivity contribution in [2.24, 2.45) is 0 Å². The summed E-state index contributed by atoms with van der Waals surface area (Å²) in [5, 5.41) is 0.398. The van der Waals surface area contributed by atoms with Crippen LogP contribution in [0.5, 0.6) is 5.88 Å². The maximum Gasteiger partial charge on any atom is 0.213 e. The van der Waals surface area contributed by atoms with Crippen LogP contribution in [-0.4, -0.2) is 36.1 Å². The number of anilines is 1. The first kappa shape index (κ1) is 17.0. The Balaban J connectivity index is 1.60. The van der Waals surface area contributed by atoms with Crippen LogP contribution in [0, 0.1) is 5.82 Å². The van der Waals surface area contributed by atoms with E-state index < -0.39 is 5.82 Å². The van der Waals surface area contributed by atoms with Crippen molar-refractivity contribution < 1.29 is 9.13 Å². The van der Waals surface area contributed by atoms with Crippen LogP contribution in [0.4, 0.5) is 10.1 Å². The smallest absolute Gasteiger partial charge is 0.213 e. The lowest BCUT2D eigenvalue weighted by atomic mass is 10.1. The lowest BCUT2D eigenvalue weighted by molar-refractivity contribution is 0.180. The van der Waals surface area contributed by atoms with E-state index in [1.165, 1.54) is 31.4 Å². The average molecular weight is 350 g/mol. The average Bonchev–Trinajstić information content (AvgIpc) is 2.60. The van der Waals surface area contributed by atoms with Crippen molar-refractivity contribution >= 4 is 17.3 Å². The third kappa shape index (κ3) is 4.16. The monoisotopic (exact) mass is 349 g/mol. The topological polar surface area (TPSA) is 51.4 Å². The third-order valence-corrected chi connectivity index (χ3v) is 4.55. The molecule has 2 aromatic rings. The number of halogens is 2. The molecule has 1 saturated heterocycles. The van der Waals surface area contributed by atoms with Crippen LogP contribution in [0.1, 0.15) is 19.3 Å². The molecule has 0 saturated carbocycles. The number of likely N-dealkylation sites (tertiary alicyclic amines) is 1. The van der Waals surface area contributed by atoms with Gasteiger partial charge in [0.2, 0.25) is 5.88 Å². The zero-order valence-electron chi connectivity index (χ0n) is 13.5. The SMILES string of the molecule is Nc1cc(Cl)c(-c2ccc(OCCN3CCCCC3)nc2)cc1F. The first-order valence-electron chi connectivity index (χ1n) is 8.19. The molecule has 0 unspecified atom stereocenters. The number of aromatic nitrogens is 1. The van der Waals surface area contributed by atoms with Crippen LogP contribution in [0.3, 0.4) is 0 Å². The van der Waals surface area contributed by atoms with Gasteiger partial charge in [0.25, 0.3) is 0 Å². The van der Waals surface area contributed by atoms with E-state index in [1.807, 2.05) is 6.07 Å². The number of rotatable bonds is 5. The zero-order valence-corrected chi connectivity index (χ0v) is 14.2. The van der Waals surface area contributed by atoms with Gasteiger partial charge in [-0.25, -0.2) is 9.37 Å². The van der Waals surface area contributed by atoms with Crippen molar-refractivity contribution in [3.05, 3.63) is 41.3 Å². The number of benzene rings is 1. The van der Waals surface area contributed by atoms with Gasteiger partial charge >= 0.3 is 0 Å². The highest BCUT2D eigenvalue weighted by atomic mass is 35.5. The number of nitrogens with two attached hydrogens (primary N) is 1. The molecular weight excluding hydrogens is 329 g/mol. The van der Waals surface area contributed by atoms with Crippen LogP contribution < -0.4 is 10.5 Å². The summed E-state index contributed by atoms with van der Waals surface area (Å²) in [6.07, 6.45) is 5.50. The van der Waals surface area contributed by atoms with Gasteiger partial charge in [-0.2, -0.15) is 0 Å². The molecule has 4 nitrogen and oxygen atoms in total. The van der Waals surface area contributed by atoms with E-state index in [4.69, 9.17) is 22.1 Å². The molecule has 2 N–H and O–H groups in total. The molecule has 0 atom stereocenters. The number of hydrogen-bond donors (Lipinski definition) is 1. The molecule has 1 aromatic heterocycles. The van der Waals surface area contributed by atoms with E-state index in [0.717, 1.165) is 25.2 Å². The summed E-state index contributed by atoms with van der Waals surface area (Å²) in [5.74, 6) is 0.0686. The Kier molecular flexibility index (Phi) is 5.53. The summed E-state index contributed by atoms with van der Waals surface area (Å²) in [6, 6.07) is 6.33. The molecule has 0 bridgehead atoms. The predicted octanol–water partition coefficient (Wildman–Crippen LogP) is 3.99. The van der Waals surface area contributed by atoms with Gasteiger partial charge in [0.1, 0.15) is 12.4 Å². The second-order valence-electron chi connectivity index (χ2n) is 5.99. The molecule has 0 aliphatic carbocycles. The van der Waals surface area contributed by atoms with Gasteiger partial charge in [-0.1, -0.05) is 18.0 Å². The first-order valence-corrected chi connectivity index (χ1v) is 8.57. The van der Waals surface area contributed by atoms with Crippen LogP contribution in [0.2, 0.25) is 5.02 Å². The van der Waals surface area contributed by atoms with Gasteiger partial charge in [-0.15, -0.1) is 0 Å². The predicted molar refractivity (Wildman–Crippen MR) is 94.8 cm³/mol. The minimum absolute atomic E-state index is 0.0365. The minimum Gasteiger partial charge on any atom is -0.476 e. The Morgan fingerprint density at radius 2 is 2.00 bits per heavy atom.